The van der Waals surface area contributed by atoms with Crippen LogP contribution < -0.4 is 10.6 Å². The monoisotopic (exact) mass is 328 g/mol. The van der Waals surface area contributed by atoms with Gasteiger partial charge in [-0.2, -0.15) is 11.8 Å². The lowest BCUT2D eigenvalue weighted by Gasteiger charge is -2.22. The van der Waals surface area contributed by atoms with E-state index >= 15 is 0 Å². The quantitative estimate of drug-likeness (QED) is 0.892. The lowest BCUT2D eigenvalue weighted by molar-refractivity contribution is -0.115. The van der Waals surface area contributed by atoms with Crippen LogP contribution in [0, 0.1) is 0 Å². The maximum atomic E-state index is 11.8. The molecule has 1 aromatic carbocycles. The van der Waals surface area contributed by atoms with E-state index in [9.17, 15) is 4.79 Å². The first-order valence-electron chi connectivity index (χ1n) is 6.11. The van der Waals surface area contributed by atoms with Crippen molar-refractivity contribution in [2.24, 2.45) is 0 Å². The topological polar surface area (TPSA) is 41.1 Å². The van der Waals surface area contributed by atoms with Crippen LogP contribution >= 0.6 is 27.7 Å². The standard InChI is InChI=1S/C13H17BrN2OS/c14-11-5-1-2-6-12(11)16-13(17)8-15-10-4-3-7-18-9-10/h1-2,5-6,10,15H,3-4,7-9H2,(H,16,17). The molecule has 0 aliphatic carbocycles. The van der Waals surface area contributed by atoms with Gasteiger partial charge in [-0.25, -0.2) is 0 Å². The summed E-state index contributed by atoms with van der Waals surface area (Å²) in [7, 11) is 0. The number of hydrogen-bond acceptors (Lipinski definition) is 3. The summed E-state index contributed by atoms with van der Waals surface area (Å²) in [6.07, 6.45) is 2.42. The second-order valence-corrected chi connectivity index (χ2v) is 6.33. The number of para-hydroxylation sites is 1. The summed E-state index contributed by atoms with van der Waals surface area (Å²) in [5, 5.41) is 6.21. The van der Waals surface area contributed by atoms with E-state index < -0.39 is 0 Å². The summed E-state index contributed by atoms with van der Waals surface area (Å²) >= 11 is 5.37. The average molecular weight is 329 g/mol. The molecule has 2 rings (SSSR count). The number of rotatable bonds is 4. The molecular weight excluding hydrogens is 312 g/mol. The molecule has 1 aromatic rings. The molecule has 1 atom stereocenters. The Morgan fingerprint density at radius 2 is 2.28 bits per heavy atom. The molecule has 1 unspecified atom stereocenters. The van der Waals surface area contributed by atoms with Crippen molar-refractivity contribution in [2.45, 2.75) is 18.9 Å². The van der Waals surface area contributed by atoms with Crippen LogP contribution in [0.2, 0.25) is 0 Å². The number of halogens is 1. The molecular formula is C13H17BrN2OS. The van der Waals surface area contributed by atoms with Gasteiger partial charge in [0.15, 0.2) is 0 Å². The van der Waals surface area contributed by atoms with Gasteiger partial charge < -0.3 is 10.6 Å². The number of carbonyl (C=O) groups excluding carboxylic acids is 1. The second kappa shape index (κ2) is 7.16. The first kappa shape index (κ1) is 13.9. The molecule has 1 saturated heterocycles. The van der Waals surface area contributed by atoms with Gasteiger partial charge in [-0.1, -0.05) is 12.1 Å². The van der Waals surface area contributed by atoms with Crippen LogP contribution in [0.5, 0.6) is 0 Å². The van der Waals surface area contributed by atoms with Crippen LogP contribution in [-0.4, -0.2) is 30.0 Å². The number of hydrogen-bond donors (Lipinski definition) is 2. The van der Waals surface area contributed by atoms with E-state index in [1.54, 1.807) is 0 Å². The molecule has 98 valence electrons. The first-order valence-corrected chi connectivity index (χ1v) is 8.06. The summed E-state index contributed by atoms with van der Waals surface area (Å²) in [5.41, 5.74) is 0.822. The zero-order valence-electron chi connectivity index (χ0n) is 10.1. The van der Waals surface area contributed by atoms with Crippen molar-refractivity contribution in [3.05, 3.63) is 28.7 Å². The van der Waals surface area contributed by atoms with Crippen molar-refractivity contribution in [1.29, 1.82) is 0 Å². The van der Waals surface area contributed by atoms with E-state index in [1.165, 1.54) is 18.6 Å². The first-order chi connectivity index (χ1) is 8.75. The highest BCUT2D eigenvalue weighted by molar-refractivity contribution is 9.10. The number of benzene rings is 1. The van der Waals surface area contributed by atoms with Crippen molar-refractivity contribution < 1.29 is 4.79 Å². The molecule has 0 aromatic heterocycles. The van der Waals surface area contributed by atoms with Crippen molar-refractivity contribution >= 4 is 39.3 Å². The lowest BCUT2D eigenvalue weighted by atomic mass is 10.2. The number of thioether (sulfide) groups is 1. The highest BCUT2D eigenvalue weighted by atomic mass is 79.9. The normalized spacial score (nSPS) is 19.5. The largest absolute Gasteiger partial charge is 0.324 e. The molecule has 0 spiro atoms. The van der Waals surface area contributed by atoms with Crippen molar-refractivity contribution in [1.82, 2.24) is 5.32 Å². The molecule has 18 heavy (non-hydrogen) atoms. The number of carbonyl (C=O) groups is 1. The van der Waals surface area contributed by atoms with E-state index in [2.05, 4.69) is 26.6 Å². The van der Waals surface area contributed by atoms with Crippen molar-refractivity contribution in [3.63, 3.8) is 0 Å². The summed E-state index contributed by atoms with van der Waals surface area (Å²) in [5.74, 6) is 2.38. The molecule has 0 radical (unpaired) electrons. The van der Waals surface area contributed by atoms with Gasteiger partial charge in [-0.3, -0.25) is 4.79 Å². The highest BCUT2D eigenvalue weighted by Gasteiger charge is 2.14. The number of anilines is 1. The molecule has 0 saturated carbocycles. The van der Waals surface area contributed by atoms with E-state index in [1.807, 2.05) is 36.0 Å². The summed E-state index contributed by atoms with van der Waals surface area (Å²) < 4.78 is 0.909. The van der Waals surface area contributed by atoms with Gasteiger partial charge in [-0.05, 0) is 46.7 Å². The zero-order valence-corrected chi connectivity index (χ0v) is 12.5. The van der Waals surface area contributed by atoms with Gasteiger partial charge in [0.2, 0.25) is 5.91 Å². The molecule has 0 bridgehead atoms. The minimum Gasteiger partial charge on any atom is -0.324 e. The Balaban J connectivity index is 1.76. The molecule has 1 heterocycles. The summed E-state index contributed by atoms with van der Waals surface area (Å²) in [6, 6.07) is 8.12. The predicted octanol–water partition coefficient (Wildman–Crippen LogP) is 2.87. The Morgan fingerprint density at radius 1 is 1.44 bits per heavy atom. The van der Waals surface area contributed by atoms with E-state index in [0.29, 0.717) is 12.6 Å². The summed E-state index contributed by atoms with van der Waals surface area (Å²) in [4.78, 5) is 11.8. The van der Waals surface area contributed by atoms with Crippen LogP contribution in [0.4, 0.5) is 5.69 Å². The fraction of sp³-hybridized carbons (Fsp3) is 0.462. The molecule has 3 nitrogen and oxygen atoms in total. The molecule has 1 amide bonds. The van der Waals surface area contributed by atoms with Gasteiger partial charge in [0.1, 0.15) is 0 Å². The van der Waals surface area contributed by atoms with Gasteiger partial charge in [-0.15, -0.1) is 0 Å². The number of amides is 1. The third-order valence-electron chi connectivity index (χ3n) is 2.86. The van der Waals surface area contributed by atoms with Crippen molar-refractivity contribution in [3.8, 4) is 0 Å². The van der Waals surface area contributed by atoms with E-state index in [-0.39, 0.29) is 5.91 Å². The fourth-order valence-electron chi connectivity index (χ4n) is 1.90. The fourth-order valence-corrected chi connectivity index (χ4v) is 3.39. The van der Waals surface area contributed by atoms with Gasteiger partial charge in [0.25, 0.3) is 0 Å². The maximum absolute atomic E-state index is 11.8. The van der Waals surface area contributed by atoms with Gasteiger partial charge >= 0.3 is 0 Å². The zero-order chi connectivity index (χ0) is 12.8. The van der Waals surface area contributed by atoms with E-state index in [0.717, 1.165) is 15.9 Å². The van der Waals surface area contributed by atoms with Crippen LogP contribution in [0.3, 0.4) is 0 Å². The third-order valence-corrected chi connectivity index (χ3v) is 4.77. The van der Waals surface area contributed by atoms with E-state index in [4.69, 9.17) is 0 Å². The molecule has 1 aliphatic rings. The minimum absolute atomic E-state index is 0.0115. The maximum Gasteiger partial charge on any atom is 0.238 e. The molecule has 1 aliphatic heterocycles. The van der Waals surface area contributed by atoms with Crippen molar-refractivity contribution in [2.75, 3.05) is 23.4 Å². The SMILES string of the molecule is O=C(CNC1CCCSC1)Nc1ccccc1Br. The Bertz CT molecular complexity index is 408. The predicted molar refractivity (Wildman–Crippen MR) is 81.1 cm³/mol. The van der Waals surface area contributed by atoms with Gasteiger partial charge in [0, 0.05) is 16.3 Å². The second-order valence-electron chi connectivity index (χ2n) is 4.32. The van der Waals surface area contributed by atoms with Crippen LogP contribution in [-0.2, 0) is 4.79 Å². The highest BCUT2D eigenvalue weighted by Crippen LogP contribution is 2.21. The molecule has 5 heteroatoms. The van der Waals surface area contributed by atoms with Crippen LogP contribution in [0.25, 0.3) is 0 Å². The lowest BCUT2D eigenvalue weighted by Crippen LogP contribution is -2.39. The third kappa shape index (κ3) is 4.30. The molecule has 1 fully saturated rings. The van der Waals surface area contributed by atoms with Crippen LogP contribution in [0.15, 0.2) is 28.7 Å². The number of nitrogens with one attached hydrogen (secondary N) is 2. The van der Waals surface area contributed by atoms with Crippen LogP contribution in [0.1, 0.15) is 12.8 Å². The Kier molecular flexibility index (Phi) is 5.53. The minimum atomic E-state index is 0.0115. The average Bonchev–Trinajstić information content (AvgIpc) is 2.40. The smallest absolute Gasteiger partial charge is 0.238 e. The molecule has 2 N–H and O–H groups in total. The Morgan fingerprint density at radius 3 is 3.00 bits per heavy atom. The Labute approximate surface area is 120 Å². The van der Waals surface area contributed by atoms with Gasteiger partial charge in [0.05, 0.1) is 12.2 Å². The Hall–Kier alpha value is -0.520. The summed E-state index contributed by atoms with van der Waals surface area (Å²) in [6.45, 7) is 0.382.